The van der Waals surface area contributed by atoms with Gasteiger partial charge >= 0.3 is 0 Å². The molecule has 2 heterocycles. The predicted octanol–water partition coefficient (Wildman–Crippen LogP) is 1.91. The van der Waals surface area contributed by atoms with E-state index in [9.17, 15) is 4.39 Å². The van der Waals surface area contributed by atoms with Crippen LogP contribution in [0.25, 0.3) is 11.2 Å². The van der Waals surface area contributed by atoms with Crippen molar-refractivity contribution >= 4 is 17.0 Å². The number of benzene rings is 1. The second-order valence-electron chi connectivity index (χ2n) is 4.66. The molecule has 0 saturated heterocycles. The van der Waals surface area contributed by atoms with Crippen LogP contribution in [0.2, 0.25) is 0 Å². The maximum Gasteiger partial charge on any atom is 0.166 e. The number of imidazole rings is 1. The van der Waals surface area contributed by atoms with Crippen LogP contribution in [0.15, 0.2) is 24.5 Å². The molecule has 3 aromatic rings. The molecule has 0 radical (unpaired) electrons. The minimum Gasteiger partial charge on any atom is -0.497 e. The zero-order chi connectivity index (χ0) is 15.0. The van der Waals surface area contributed by atoms with Gasteiger partial charge in [0, 0.05) is 5.56 Å². The van der Waals surface area contributed by atoms with Crippen molar-refractivity contribution in [2.45, 2.75) is 13.5 Å². The molecular weight excluding hydrogens is 273 g/mol. The minimum absolute atomic E-state index is 0.287. The number of anilines is 1. The Balaban J connectivity index is 2.06. The first-order chi connectivity index (χ1) is 10.1. The van der Waals surface area contributed by atoms with E-state index >= 15 is 0 Å². The lowest BCUT2D eigenvalue weighted by molar-refractivity contribution is 0.412. The van der Waals surface area contributed by atoms with Gasteiger partial charge in [-0.25, -0.2) is 19.3 Å². The number of aromatic nitrogens is 4. The van der Waals surface area contributed by atoms with Gasteiger partial charge in [-0.3, -0.25) is 0 Å². The number of nitrogens with two attached hydrogens (primary N) is 1. The Kier molecular flexibility index (Phi) is 3.17. The minimum atomic E-state index is -0.309. The lowest BCUT2D eigenvalue weighted by Gasteiger charge is -2.08. The summed E-state index contributed by atoms with van der Waals surface area (Å²) < 4.78 is 20.8. The van der Waals surface area contributed by atoms with Crippen molar-refractivity contribution in [1.82, 2.24) is 19.5 Å². The topological polar surface area (TPSA) is 78.9 Å². The third-order valence-corrected chi connectivity index (χ3v) is 3.20. The van der Waals surface area contributed by atoms with Crippen LogP contribution in [0, 0.1) is 12.7 Å². The number of ether oxygens (including phenoxy) is 1. The van der Waals surface area contributed by atoms with E-state index in [-0.39, 0.29) is 12.4 Å². The van der Waals surface area contributed by atoms with Crippen molar-refractivity contribution in [3.63, 3.8) is 0 Å². The van der Waals surface area contributed by atoms with Crippen molar-refractivity contribution in [3.8, 4) is 5.75 Å². The lowest BCUT2D eigenvalue weighted by Crippen LogP contribution is -2.04. The summed E-state index contributed by atoms with van der Waals surface area (Å²) in [6.45, 7) is 2.04. The zero-order valence-electron chi connectivity index (χ0n) is 11.7. The van der Waals surface area contributed by atoms with Crippen LogP contribution < -0.4 is 10.5 Å². The molecule has 1 aromatic carbocycles. The Labute approximate surface area is 120 Å². The Bertz CT molecular complexity index is 814. The summed E-state index contributed by atoms with van der Waals surface area (Å²) in [4.78, 5) is 12.6. The number of rotatable bonds is 3. The van der Waals surface area contributed by atoms with Crippen molar-refractivity contribution < 1.29 is 9.13 Å². The van der Waals surface area contributed by atoms with Crippen LogP contribution in [0.5, 0.6) is 5.75 Å². The summed E-state index contributed by atoms with van der Waals surface area (Å²) >= 11 is 0. The van der Waals surface area contributed by atoms with Gasteiger partial charge in [0.1, 0.15) is 22.9 Å². The first kappa shape index (κ1) is 13.3. The molecule has 0 aliphatic carbocycles. The first-order valence-electron chi connectivity index (χ1n) is 6.36. The Hall–Kier alpha value is -2.70. The predicted molar refractivity (Wildman–Crippen MR) is 76.5 cm³/mol. The average Bonchev–Trinajstić information content (AvgIpc) is 2.84. The smallest absolute Gasteiger partial charge is 0.166 e. The van der Waals surface area contributed by atoms with Crippen LogP contribution in [-0.2, 0) is 6.54 Å². The molecule has 21 heavy (non-hydrogen) atoms. The van der Waals surface area contributed by atoms with E-state index in [4.69, 9.17) is 10.5 Å². The third-order valence-electron chi connectivity index (χ3n) is 3.20. The van der Waals surface area contributed by atoms with Crippen LogP contribution >= 0.6 is 0 Å². The largest absolute Gasteiger partial charge is 0.497 e. The summed E-state index contributed by atoms with van der Waals surface area (Å²) in [5, 5.41) is 0. The molecule has 0 amide bonds. The number of halogens is 1. The molecule has 0 bridgehead atoms. The fraction of sp³-hybridized carbons (Fsp3) is 0.214. The molecule has 6 nitrogen and oxygen atoms in total. The van der Waals surface area contributed by atoms with E-state index in [1.54, 1.807) is 37.1 Å². The third kappa shape index (κ3) is 2.37. The molecule has 2 aromatic heterocycles. The maximum atomic E-state index is 13.9. The molecule has 0 unspecified atom stereocenters. The van der Waals surface area contributed by atoms with Gasteiger partial charge in [-0.15, -0.1) is 0 Å². The SMILES string of the molecule is COc1ccc(F)c(Cn2cnc3c(N)nc(C)nc32)c1. The van der Waals surface area contributed by atoms with Gasteiger partial charge in [0.05, 0.1) is 20.0 Å². The highest BCUT2D eigenvalue weighted by atomic mass is 19.1. The van der Waals surface area contributed by atoms with E-state index in [0.717, 1.165) is 0 Å². The normalized spacial score (nSPS) is 11.0. The highest BCUT2D eigenvalue weighted by Gasteiger charge is 2.12. The standard InChI is InChI=1S/C14H14FN5O/c1-8-18-13(16)12-14(19-8)20(7-17-12)6-9-5-10(21-2)3-4-11(9)15/h3-5,7H,6H2,1-2H3,(H2,16,18,19). The van der Waals surface area contributed by atoms with Crippen LogP contribution in [0.1, 0.15) is 11.4 Å². The number of nitrogen functional groups attached to an aromatic ring is 1. The summed E-state index contributed by atoms with van der Waals surface area (Å²) in [7, 11) is 1.54. The molecule has 0 fully saturated rings. The average molecular weight is 287 g/mol. The van der Waals surface area contributed by atoms with Gasteiger partial charge in [-0.05, 0) is 25.1 Å². The Morgan fingerprint density at radius 2 is 2.14 bits per heavy atom. The molecule has 0 saturated carbocycles. The highest BCUT2D eigenvalue weighted by molar-refractivity contribution is 5.81. The molecule has 0 atom stereocenters. The molecule has 0 spiro atoms. The van der Waals surface area contributed by atoms with Gasteiger partial charge in [-0.1, -0.05) is 0 Å². The van der Waals surface area contributed by atoms with E-state index in [1.165, 1.54) is 6.07 Å². The second-order valence-corrected chi connectivity index (χ2v) is 4.66. The monoisotopic (exact) mass is 287 g/mol. The molecule has 7 heteroatoms. The van der Waals surface area contributed by atoms with Gasteiger partial charge in [0.15, 0.2) is 11.5 Å². The summed E-state index contributed by atoms with van der Waals surface area (Å²) in [5.74, 6) is 1.16. The van der Waals surface area contributed by atoms with Gasteiger partial charge < -0.3 is 15.0 Å². The number of nitrogens with zero attached hydrogens (tertiary/aromatic N) is 4. The first-order valence-corrected chi connectivity index (χ1v) is 6.36. The van der Waals surface area contributed by atoms with Crippen LogP contribution in [0.3, 0.4) is 0 Å². The fourth-order valence-electron chi connectivity index (χ4n) is 2.18. The van der Waals surface area contributed by atoms with Crippen molar-refractivity contribution in [1.29, 1.82) is 0 Å². The van der Waals surface area contributed by atoms with Crippen molar-refractivity contribution in [2.75, 3.05) is 12.8 Å². The van der Waals surface area contributed by atoms with E-state index in [0.29, 0.717) is 34.1 Å². The summed E-state index contributed by atoms with van der Waals surface area (Å²) in [5.41, 5.74) is 7.41. The van der Waals surface area contributed by atoms with E-state index in [2.05, 4.69) is 15.0 Å². The Morgan fingerprint density at radius 3 is 2.90 bits per heavy atom. The molecular formula is C14H14FN5O. The number of methoxy groups -OCH3 is 1. The second kappa shape index (κ2) is 5.01. The molecule has 108 valence electrons. The van der Waals surface area contributed by atoms with Gasteiger partial charge in [-0.2, -0.15) is 0 Å². The van der Waals surface area contributed by atoms with E-state index < -0.39 is 0 Å². The van der Waals surface area contributed by atoms with Crippen molar-refractivity contribution in [2.24, 2.45) is 0 Å². The van der Waals surface area contributed by atoms with Gasteiger partial charge in [0.25, 0.3) is 0 Å². The number of aryl methyl sites for hydroxylation is 1. The summed E-state index contributed by atoms with van der Waals surface area (Å²) in [6, 6.07) is 4.61. The molecule has 2 N–H and O–H groups in total. The molecule has 0 aliphatic heterocycles. The van der Waals surface area contributed by atoms with E-state index in [1.807, 2.05) is 0 Å². The molecule has 0 aliphatic rings. The van der Waals surface area contributed by atoms with Gasteiger partial charge in [0.2, 0.25) is 0 Å². The quantitative estimate of drug-likeness (QED) is 0.796. The van der Waals surface area contributed by atoms with Crippen LogP contribution in [0.4, 0.5) is 10.2 Å². The molecule has 3 rings (SSSR count). The van der Waals surface area contributed by atoms with Crippen LogP contribution in [-0.4, -0.2) is 26.6 Å². The number of fused-ring (bicyclic) bond motifs is 1. The number of hydrogen-bond donors (Lipinski definition) is 1. The number of hydrogen-bond acceptors (Lipinski definition) is 5. The fourth-order valence-corrected chi connectivity index (χ4v) is 2.18. The maximum absolute atomic E-state index is 13.9. The lowest BCUT2D eigenvalue weighted by atomic mass is 10.2. The van der Waals surface area contributed by atoms with Crippen molar-refractivity contribution in [3.05, 3.63) is 41.7 Å². The zero-order valence-corrected chi connectivity index (χ0v) is 11.7. The summed E-state index contributed by atoms with van der Waals surface area (Å²) in [6.07, 6.45) is 1.58. The highest BCUT2D eigenvalue weighted by Crippen LogP contribution is 2.21. The Morgan fingerprint density at radius 1 is 1.33 bits per heavy atom.